The lowest BCUT2D eigenvalue weighted by Crippen LogP contribution is -2.41. The lowest BCUT2D eigenvalue weighted by atomic mass is 9.72. The van der Waals surface area contributed by atoms with Gasteiger partial charge in [-0.3, -0.25) is 0 Å². The third-order valence-electron chi connectivity index (χ3n) is 12.2. The summed E-state index contributed by atoms with van der Waals surface area (Å²) in [7, 11) is -0.898. The molecule has 47 heavy (non-hydrogen) atoms. The molecule has 244 valence electrons. The molecule has 0 N–H and O–H groups in total. The summed E-state index contributed by atoms with van der Waals surface area (Å²) in [4.78, 5) is 0. The zero-order valence-electron chi connectivity index (χ0n) is 29.8. The number of fused-ring (bicyclic) bond motifs is 1. The molecular formula is C40H49B2NO4. The lowest BCUT2D eigenvalue weighted by molar-refractivity contribution is 0.00578. The second kappa shape index (κ2) is 10.6. The van der Waals surface area contributed by atoms with Crippen LogP contribution in [0.15, 0.2) is 48.5 Å². The van der Waals surface area contributed by atoms with Gasteiger partial charge in [0.05, 0.1) is 22.4 Å². The maximum atomic E-state index is 6.78. The number of benzene rings is 5. The van der Waals surface area contributed by atoms with Crippen LogP contribution in [0, 0.1) is 0 Å². The van der Waals surface area contributed by atoms with Crippen molar-refractivity contribution in [2.45, 2.75) is 130 Å². The maximum absolute atomic E-state index is 6.78. The van der Waals surface area contributed by atoms with Crippen molar-refractivity contribution in [2.24, 2.45) is 0 Å². The molecule has 2 aliphatic rings. The molecule has 5 nitrogen and oxygen atoms in total. The van der Waals surface area contributed by atoms with E-state index in [1.165, 1.54) is 86.2 Å². The molecule has 3 heterocycles. The van der Waals surface area contributed by atoms with E-state index in [4.69, 9.17) is 18.6 Å². The molecule has 6 aromatic rings. The Labute approximate surface area is 280 Å². The normalized spacial score (nSPS) is 20.4. The standard InChI is InChI=1S/C40H49B2NO4/c1-10-11-12-13-14-15-23-43-30-22-20-25-19-21-28(41-44-37(2,3)38(4,5)45-41)33-27-18-16-17-26-24-29(42-46-39(6,7)40(8,9)47-42)36(43)35(31(26)27)34(30)32(25)33/h16-22,24H,10-15,23H2,1-9H3. The first kappa shape index (κ1) is 31.4. The van der Waals surface area contributed by atoms with E-state index >= 15 is 0 Å². The zero-order chi connectivity index (χ0) is 33.1. The average molecular weight is 629 g/mol. The van der Waals surface area contributed by atoms with Crippen LogP contribution < -0.4 is 10.9 Å². The van der Waals surface area contributed by atoms with E-state index in [1.54, 1.807) is 0 Å². The summed E-state index contributed by atoms with van der Waals surface area (Å²) in [6.07, 6.45) is 7.55. The average Bonchev–Trinajstić information content (AvgIpc) is 3.54. The topological polar surface area (TPSA) is 41.9 Å². The van der Waals surface area contributed by atoms with Crippen molar-refractivity contribution in [3.05, 3.63) is 48.5 Å². The van der Waals surface area contributed by atoms with Crippen LogP contribution in [0.2, 0.25) is 0 Å². The highest BCUT2D eigenvalue weighted by atomic mass is 16.7. The number of unbranched alkanes of at least 4 members (excludes halogenated alkanes) is 5. The lowest BCUT2D eigenvalue weighted by Gasteiger charge is -2.32. The minimum Gasteiger partial charge on any atom is -0.399 e. The summed E-state index contributed by atoms with van der Waals surface area (Å²) in [5.74, 6) is 0. The fraction of sp³-hybridized carbons (Fsp3) is 0.500. The van der Waals surface area contributed by atoms with Crippen LogP contribution in [-0.2, 0) is 25.2 Å². The van der Waals surface area contributed by atoms with E-state index in [1.807, 2.05) is 0 Å². The Balaban J connectivity index is 1.42. The third-order valence-corrected chi connectivity index (χ3v) is 12.2. The summed E-state index contributed by atoms with van der Waals surface area (Å²) in [6, 6.07) is 18.3. The molecule has 2 fully saturated rings. The smallest absolute Gasteiger partial charge is 0.399 e. The minimum absolute atomic E-state index is 0.421. The second-order valence-electron chi connectivity index (χ2n) is 16.3. The van der Waals surface area contributed by atoms with Crippen molar-refractivity contribution < 1.29 is 18.6 Å². The minimum atomic E-state index is -0.450. The molecule has 2 saturated heterocycles. The Kier molecular flexibility index (Phi) is 7.08. The molecule has 8 rings (SSSR count). The molecule has 0 saturated carbocycles. The van der Waals surface area contributed by atoms with Crippen LogP contribution in [0.5, 0.6) is 0 Å². The molecule has 0 radical (unpaired) electrons. The molecule has 0 amide bonds. The van der Waals surface area contributed by atoms with Gasteiger partial charge in [-0.1, -0.05) is 81.5 Å². The Morgan fingerprint density at radius 3 is 1.81 bits per heavy atom. The molecular weight excluding hydrogens is 580 g/mol. The number of hydrogen-bond donors (Lipinski definition) is 0. The summed E-state index contributed by atoms with van der Waals surface area (Å²) in [5.41, 5.74) is 3.08. The largest absolute Gasteiger partial charge is 0.497 e. The van der Waals surface area contributed by atoms with Crippen molar-refractivity contribution in [2.75, 3.05) is 0 Å². The first-order valence-corrected chi connectivity index (χ1v) is 17.9. The molecule has 0 aliphatic carbocycles. The van der Waals surface area contributed by atoms with Crippen molar-refractivity contribution in [1.82, 2.24) is 4.57 Å². The Hall–Kier alpha value is -2.83. The monoisotopic (exact) mass is 629 g/mol. The van der Waals surface area contributed by atoms with Gasteiger partial charge in [0.15, 0.2) is 0 Å². The van der Waals surface area contributed by atoms with E-state index in [-0.39, 0.29) is 0 Å². The number of nitrogens with zero attached hydrogens (tertiary/aromatic N) is 1. The van der Waals surface area contributed by atoms with Gasteiger partial charge in [-0.15, -0.1) is 0 Å². The first-order valence-electron chi connectivity index (χ1n) is 17.9. The van der Waals surface area contributed by atoms with Crippen LogP contribution in [0.4, 0.5) is 0 Å². The number of aryl methyl sites for hydroxylation is 1. The Bertz CT molecular complexity index is 2090. The van der Waals surface area contributed by atoms with Gasteiger partial charge >= 0.3 is 14.2 Å². The molecule has 0 spiro atoms. The van der Waals surface area contributed by atoms with E-state index in [0.717, 1.165) is 23.9 Å². The van der Waals surface area contributed by atoms with E-state index in [0.29, 0.717) is 0 Å². The fourth-order valence-corrected chi connectivity index (χ4v) is 8.12. The summed E-state index contributed by atoms with van der Waals surface area (Å²) >= 11 is 0. The van der Waals surface area contributed by atoms with Gasteiger partial charge in [-0.05, 0) is 106 Å². The van der Waals surface area contributed by atoms with Crippen LogP contribution in [0.1, 0.15) is 101 Å². The molecule has 1 aromatic heterocycles. The molecule has 0 atom stereocenters. The van der Waals surface area contributed by atoms with Crippen molar-refractivity contribution in [3.63, 3.8) is 0 Å². The highest BCUT2D eigenvalue weighted by molar-refractivity contribution is 6.68. The third kappa shape index (κ3) is 4.52. The molecule has 0 bridgehead atoms. The summed E-state index contributed by atoms with van der Waals surface area (Å²) in [6.45, 7) is 20.4. The van der Waals surface area contributed by atoms with Gasteiger partial charge < -0.3 is 23.2 Å². The maximum Gasteiger partial charge on any atom is 0.497 e. The zero-order valence-corrected chi connectivity index (χ0v) is 29.8. The van der Waals surface area contributed by atoms with Gasteiger partial charge in [-0.25, -0.2) is 0 Å². The number of rotatable bonds is 9. The van der Waals surface area contributed by atoms with Crippen molar-refractivity contribution >= 4 is 79.3 Å². The van der Waals surface area contributed by atoms with E-state index in [9.17, 15) is 0 Å². The van der Waals surface area contributed by atoms with E-state index in [2.05, 4.69) is 115 Å². The summed E-state index contributed by atoms with van der Waals surface area (Å²) < 4.78 is 29.6. The van der Waals surface area contributed by atoms with E-state index < -0.39 is 36.6 Å². The molecule has 0 unspecified atom stereocenters. The van der Waals surface area contributed by atoms with Crippen molar-refractivity contribution in [3.8, 4) is 0 Å². The molecule has 2 aliphatic heterocycles. The summed E-state index contributed by atoms with van der Waals surface area (Å²) in [5, 5.41) is 10.2. The van der Waals surface area contributed by atoms with Crippen LogP contribution in [0.3, 0.4) is 0 Å². The fourth-order valence-electron chi connectivity index (χ4n) is 8.12. The SMILES string of the molecule is CCCCCCCCn1c2ccc3ccc(B4OC(C)(C)C(C)(C)O4)c4c5cccc6cc(B7OC(C)(C)C(C)(C)O7)c1c(c65)c2c34. The second-order valence-corrected chi connectivity index (χ2v) is 16.3. The highest BCUT2D eigenvalue weighted by Crippen LogP contribution is 2.47. The van der Waals surface area contributed by atoms with Gasteiger partial charge in [0.25, 0.3) is 0 Å². The molecule has 5 aromatic carbocycles. The van der Waals surface area contributed by atoms with Gasteiger partial charge in [0, 0.05) is 33.8 Å². The Morgan fingerprint density at radius 2 is 1.15 bits per heavy atom. The van der Waals surface area contributed by atoms with Crippen LogP contribution in [-0.4, -0.2) is 41.2 Å². The van der Waals surface area contributed by atoms with Crippen molar-refractivity contribution in [1.29, 1.82) is 0 Å². The predicted molar refractivity (Wildman–Crippen MR) is 199 cm³/mol. The first-order chi connectivity index (χ1) is 22.3. The predicted octanol–water partition coefficient (Wildman–Crippen LogP) is 9.09. The highest BCUT2D eigenvalue weighted by Gasteiger charge is 2.54. The van der Waals surface area contributed by atoms with Gasteiger partial charge in [0.2, 0.25) is 0 Å². The van der Waals surface area contributed by atoms with Crippen LogP contribution >= 0.6 is 0 Å². The van der Waals surface area contributed by atoms with Gasteiger partial charge in [-0.2, -0.15) is 0 Å². The van der Waals surface area contributed by atoms with Crippen LogP contribution in [0.25, 0.3) is 54.1 Å². The number of aromatic nitrogens is 1. The van der Waals surface area contributed by atoms with Gasteiger partial charge in [0.1, 0.15) is 0 Å². The number of hydrogen-bond acceptors (Lipinski definition) is 4. The molecule has 7 heteroatoms. The Morgan fingerprint density at radius 1 is 0.553 bits per heavy atom. The quantitative estimate of drug-likeness (QED) is 0.0693.